The van der Waals surface area contributed by atoms with E-state index in [0.717, 1.165) is 14.6 Å². The molecule has 0 N–H and O–H groups in total. The van der Waals surface area contributed by atoms with Crippen LogP contribution < -0.4 is 0 Å². The predicted octanol–water partition coefficient (Wildman–Crippen LogP) is 5.80. The lowest BCUT2D eigenvalue weighted by Crippen LogP contribution is -2.03. The van der Waals surface area contributed by atoms with Crippen LogP contribution in [0.4, 0.5) is 4.39 Å². The van der Waals surface area contributed by atoms with E-state index < -0.39 is 5.82 Å². The van der Waals surface area contributed by atoms with Crippen molar-refractivity contribution in [2.45, 2.75) is 0 Å². The fraction of sp³-hybridized carbons (Fsp3) is 0. The number of ketones is 1. The number of rotatable bonds is 2. The lowest BCUT2D eigenvalue weighted by Gasteiger charge is -2.03. The molecule has 0 fully saturated rings. The third-order valence-corrected chi connectivity index (χ3v) is 5.42. The fourth-order valence-corrected chi connectivity index (χ4v) is 3.95. The first-order chi connectivity index (χ1) is 9.58. The van der Waals surface area contributed by atoms with E-state index in [1.165, 1.54) is 23.5 Å². The number of thiophene rings is 1. The summed E-state index contributed by atoms with van der Waals surface area (Å²) in [6.07, 6.45) is 0. The van der Waals surface area contributed by atoms with Gasteiger partial charge in [-0.2, -0.15) is 0 Å². The molecule has 0 spiro atoms. The molecule has 1 heterocycles. The topological polar surface area (TPSA) is 17.1 Å². The molecule has 0 saturated carbocycles. The van der Waals surface area contributed by atoms with Crippen LogP contribution >= 0.6 is 43.2 Å². The molecular formula is C15H7Br2FOS. The van der Waals surface area contributed by atoms with Crippen molar-refractivity contribution in [1.29, 1.82) is 0 Å². The number of carbonyl (C=O) groups excluding carboxylic acids is 1. The van der Waals surface area contributed by atoms with Crippen molar-refractivity contribution in [2.75, 3.05) is 0 Å². The van der Waals surface area contributed by atoms with Gasteiger partial charge in [-0.25, -0.2) is 4.39 Å². The van der Waals surface area contributed by atoms with E-state index in [4.69, 9.17) is 0 Å². The number of fused-ring (bicyclic) bond motifs is 1. The molecule has 0 amide bonds. The molecule has 0 aliphatic carbocycles. The molecule has 2 aromatic carbocycles. The summed E-state index contributed by atoms with van der Waals surface area (Å²) in [7, 11) is 0. The van der Waals surface area contributed by atoms with Crippen LogP contribution in [0.5, 0.6) is 0 Å². The number of carbonyl (C=O) groups is 1. The molecule has 3 aromatic rings. The van der Waals surface area contributed by atoms with Crippen LogP contribution in [0.2, 0.25) is 0 Å². The number of benzene rings is 2. The minimum atomic E-state index is -0.515. The van der Waals surface area contributed by atoms with Crippen LogP contribution in [0, 0.1) is 5.82 Å². The van der Waals surface area contributed by atoms with Gasteiger partial charge in [0.25, 0.3) is 0 Å². The van der Waals surface area contributed by atoms with Crippen molar-refractivity contribution >= 4 is 59.1 Å². The molecule has 0 aliphatic heterocycles. The molecule has 1 aromatic heterocycles. The van der Waals surface area contributed by atoms with E-state index in [0.29, 0.717) is 10.0 Å². The lowest BCUT2D eigenvalue weighted by atomic mass is 10.0. The van der Waals surface area contributed by atoms with Gasteiger partial charge in [0.15, 0.2) is 5.78 Å². The fourth-order valence-electron chi connectivity index (χ4n) is 2.02. The zero-order valence-electron chi connectivity index (χ0n) is 9.99. The summed E-state index contributed by atoms with van der Waals surface area (Å²) in [5.74, 6) is -0.807. The van der Waals surface area contributed by atoms with Crippen molar-refractivity contribution in [2.24, 2.45) is 0 Å². The zero-order chi connectivity index (χ0) is 14.3. The van der Waals surface area contributed by atoms with Crippen LogP contribution in [-0.2, 0) is 0 Å². The average Bonchev–Trinajstić information content (AvgIpc) is 2.83. The second-order valence-corrected chi connectivity index (χ2v) is 6.87. The summed E-state index contributed by atoms with van der Waals surface area (Å²) < 4.78 is 16.5. The minimum Gasteiger partial charge on any atom is -0.288 e. The second kappa shape index (κ2) is 5.39. The SMILES string of the molecule is O=C(c1ccc(Br)cc1F)c1csc2c(Br)cccc12. The van der Waals surface area contributed by atoms with E-state index in [1.54, 1.807) is 11.4 Å². The molecule has 20 heavy (non-hydrogen) atoms. The molecule has 5 heteroatoms. The Bertz CT molecular complexity index is 826. The Morgan fingerprint density at radius 3 is 2.65 bits per heavy atom. The molecule has 0 aliphatic rings. The lowest BCUT2D eigenvalue weighted by molar-refractivity contribution is 0.103. The Kier molecular flexibility index (Phi) is 3.75. The van der Waals surface area contributed by atoms with Gasteiger partial charge < -0.3 is 0 Å². The predicted molar refractivity (Wildman–Crippen MR) is 87.1 cm³/mol. The van der Waals surface area contributed by atoms with Gasteiger partial charge in [0, 0.05) is 30.0 Å². The Balaban J connectivity index is 2.16. The van der Waals surface area contributed by atoms with Crippen LogP contribution in [0.15, 0.2) is 50.7 Å². The maximum atomic E-state index is 13.9. The molecule has 100 valence electrons. The van der Waals surface area contributed by atoms with E-state index in [1.807, 2.05) is 18.2 Å². The van der Waals surface area contributed by atoms with E-state index >= 15 is 0 Å². The van der Waals surface area contributed by atoms with Gasteiger partial charge in [-0.3, -0.25) is 4.79 Å². The molecule has 0 radical (unpaired) electrons. The Morgan fingerprint density at radius 2 is 1.90 bits per heavy atom. The maximum Gasteiger partial charge on any atom is 0.197 e. The first-order valence-corrected chi connectivity index (χ1v) is 8.20. The molecule has 0 saturated heterocycles. The smallest absolute Gasteiger partial charge is 0.197 e. The number of hydrogen-bond acceptors (Lipinski definition) is 2. The molecule has 0 unspecified atom stereocenters. The summed E-state index contributed by atoms with van der Waals surface area (Å²) in [5, 5.41) is 2.62. The van der Waals surface area contributed by atoms with Crippen molar-refractivity contribution in [3.8, 4) is 0 Å². The van der Waals surface area contributed by atoms with Gasteiger partial charge >= 0.3 is 0 Å². The van der Waals surface area contributed by atoms with Gasteiger partial charge in [-0.1, -0.05) is 28.1 Å². The van der Waals surface area contributed by atoms with E-state index in [9.17, 15) is 9.18 Å². The van der Waals surface area contributed by atoms with Gasteiger partial charge in [0.05, 0.1) is 5.56 Å². The summed E-state index contributed by atoms with van der Waals surface area (Å²) >= 11 is 8.12. The van der Waals surface area contributed by atoms with Gasteiger partial charge in [0.2, 0.25) is 0 Å². The van der Waals surface area contributed by atoms with Crippen molar-refractivity contribution in [1.82, 2.24) is 0 Å². The highest BCUT2D eigenvalue weighted by atomic mass is 79.9. The first-order valence-electron chi connectivity index (χ1n) is 5.73. The molecule has 3 rings (SSSR count). The molecule has 1 nitrogen and oxygen atoms in total. The first kappa shape index (κ1) is 13.9. The highest BCUT2D eigenvalue weighted by Gasteiger charge is 2.18. The van der Waals surface area contributed by atoms with Crippen molar-refractivity contribution in [3.05, 3.63) is 67.7 Å². The maximum absolute atomic E-state index is 13.9. The highest BCUT2D eigenvalue weighted by molar-refractivity contribution is 9.11. The minimum absolute atomic E-state index is 0.0906. The van der Waals surface area contributed by atoms with Crippen LogP contribution in [0.1, 0.15) is 15.9 Å². The Labute approximate surface area is 135 Å². The van der Waals surface area contributed by atoms with Crippen molar-refractivity contribution in [3.63, 3.8) is 0 Å². The largest absolute Gasteiger partial charge is 0.288 e. The summed E-state index contributed by atoms with van der Waals surface area (Å²) in [4.78, 5) is 12.5. The third-order valence-electron chi connectivity index (χ3n) is 2.97. The number of hydrogen-bond donors (Lipinski definition) is 0. The molecular weight excluding hydrogens is 407 g/mol. The zero-order valence-corrected chi connectivity index (χ0v) is 14.0. The highest BCUT2D eigenvalue weighted by Crippen LogP contribution is 2.33. The van der Waals surface area contributed by atoms with Crippen LogP contribution in [0.3, 0.4) is 0 Å². The van der Waals surface area contributed by atoms with Crippen LogP contribution in [-0.4, -0.2) is 5.78 Å². The Morgan fingerprint density at radius 1 is 1.10 bits per heavy atom. The van der Waals surface area contributed by atoms with Gasteiger partial charge in [-0.15, -0.1) is 11.3 Å². The van der Waals surface area contributed by atoms with E-state index in [-0.39, 0.29) is 11.3 Å². The quantitative estimate of drug-likeness (QED) is 0.485. The summed E-state index contributed by atoms with van der Waals surface area (Å²) in [5.41, 5.74) is 0.625. The van der Waals surface area contributed by atoms with Crippen molar-refractivity contribution < 1.29 is 9.18 Å². The summed E-state index contributed by atoms with van der Waals surface area (Å²) in [6, 6.07) is 10.1. The summed E-state index contributed by atoms with van der Waals surface area (Å²) in [6.45, 7) is 0. The monoisotopic (exact) mass is 412 g/mol. The molecule has 0 atom stereocenters. The normalized spacial score (nSPS) is 10.9. The molecule has 0 bridgehead atoms. The average molecular weight is 414 g/mol. The van der Waals surface area contributed by atoms with E-state index in [2.05, 4.69) is 31.9 Å². The Hall–Kier alpha value is -1.04. The standard InChI is InChI=1S/C15H7Br2FOS/c16-8-4-5-10(13(18)6-8)14(19)11-7-20-15-9(11)2-1-3-12(15)17/h1-7H. The van der Waals surface area contributed by atoms with Gasteiger partial charge in [-0.05, 0) is 40.2 Å². The van der Waals surface area contributed by atoms with Gasteiger partial charge in [0.1, 0.15) is 5.82 Å². The number of halogens is 3. The second-order valence-electron chi connectivity index (χ2n) is 4.22. The van der Waals surface area contributed by atoms with Crippen LogP contribution in [0.25, 0.3) is 10.1 Å². The third kappa shape index (κ3) is 2.34.